The molecule has 0 saturated heterocycles. The lowest BCUT2D eigenvalue weighted by molar-refractivity contribution is -0.385. The van der Waals surface area contributed by atoms with E-state index in [0.29, 0.717) is 10.6 Å². The van der Waals surface area contributed by atoms with E-state index in [9.17, 15) is 10.1 Å². The quantitative estimate of drug-likeness (QED) is 0.468. The Morgan fingerprint density at radius 1 is 1.54 bits per heavy atom. The molecule has 1 aromatic rings. The SMILES string of the molecule is O=[N+]([O-])c1cccc(Cl)c1/C=C/S. The third-order valence-corrected chi connectivity index (χ3v) is 1.95. The lowest BCUT2D eigenvalue weighted by Gasteiger charge is -1.98. The number of thiol groups is 1. The summed E-state index contributed by atoms with van der Waals surface area (Å²) in [5.41, 5.74) is 0.363. The van der Waals surface area contributed by atoms with E-state index in [-0.39, 0.29) is 5.69 Å². The molecular weight excluding hydrogens is 210 g/mol. The minimum Gasteiger partial charge on any atom is -0.258 e. The standard InChI is InChI=1S/C8H6ClNO2S/c9-7-2-1-3-8(10(11)12)6(7)4-5-13/h1-5,13H/b5-4+. The maximum Gasteiger partial charge on any atom is 0.278 e. The average Bonchev–Trinajstić information content (AvgIpc) is 2.08. The van der Waals surface area contributed by atoms with Gasteiger partial charge in [0, 0.05) is 6.07 Å². The Kier molecular flexibility index (Phi) is 3.33. The van der Waals surface area contributed by atoms with Crippen LogP contribution in [0.1, 0.15) is 5.56 Å². The summed E-state index contributed by atoms with van der Waals surface area (Å²) in [4.78, 5) is 10.1. The Morgan fingerprint density at radius 2 is 2.23 bits per heavy atom. The molecule has 0 unspecified atom stereocenters. The van der Waals surface area contributed by atoms with Gasteiger partial charge in [-0.3, -0.25) is 10.1 Å². The highest BCUT2D eigenvalue weighted by molar-refractivity contribution is 7.83. The van der Waals surface area contributed by atoms with Crippen molar-refractivity contribution in [1.82, 2.24) is 0 Å². The first-order valence-electron chi connectivity index (χ1n) is 3.40. The van der Waals surface area contributed by atoms with Crippen LogP contribution in [0.15, 0.2) is 23.6 Å². The summed E-state index contributed by atoms with van der Waals surface area (Å²) in [5.74, 6) is 0. The number of nitrogens with zero attached hydrogens (tertiary/aromatic N) is 1. The number of hydrogen-bond donors (Lipinski definition) is 1. The molecule has 0 aliphatic carbocycles. The number of nitro benzene ring substituents is 1. The van der Waals surface area contributed by atoms with Crippen LogP contribution in [0.4, 0.5) is 5.69 Å². The molecule has 0 bridgehead atoms. The van der Waals surface area contributed by atoms with E-state index < -0.39 is 4.92 Å². The highest BCUT2D eigenvalue weighted by atomic mass is 35.5. The van der Waals surface area contributed by atoms with Crippen LogP contribution in [0.5, 0.6) is 0 Å². The van der Waals surface area contributed by atoms with Crippen molar-refractivity contribution < 1.29 is 4.92 Å². The van der Waals surface area contributed by atoms with E-state index in [2.05, 4.69) is 12.6 Å². The van der Waals surface area contributed by atoms with Crippen molar-refractivity contribution >= 4 is 36.0 Å². The zero-order valence-electron chi connectivity index (χ0n) is 6.48. The number of rotatable bonds is 2. The maximum absolute atomic E-state index is 10.5. The van der Waals surface area contributed by atoms with E-state index in [4.69, 9.17) is 11.6 Å². The van der Waals surface area contributed by atoms with Crippen molar-refractivity contribution in [2.75, 3.05) is 0 Å². The molecule has 0 atom stereocenters. The Labute approximate surface area is 85.6 Å². The lowest BCUT2D eigenvalue weighted by atomic mass is 10.2. The highest BCUT2D eigenvalue weighted by Gasteiger charge is 2.13. The zero-order chi connectivity index (χ0) is 9.84. The molecule has 0 saturated carbocycles. The molecule has 0 aliphatic rings. The number of benzene rings is 1. The van der Waals surface area contributed by atoms with E-state index in [1.54, 1.807) is 6.07 Å². The Morgan fingerprint density at radius 3 is 2.77 bits per heavy atom. The van der Waals surface area contributed by atoms with Crippen LogP contribution < -0.4 is 0 Å². The van der Waals surface area contributed by atoms with Gasteiger partial charge in [-0.1, -0.05) is 17.7 Å². The van der Waals surface area contributed by atoms with Gasteiger partial charge in [-0.2, -0.15) is 12.6 Å². The van der Waals surface area contributed by atoms with Gasteiger partial charge in [-0.05, 0) is 17.6 Å². The molecule has 0 aliphatic heterocycles. The summed E-state index contributed by atoms with van der Waals surface area (Å²) in [7, 11) is 0. The predicted octanol–water partition coefficient (Wildman–Crippen LogP) is 3.15. The van der Waals surface area contributed by atoms with Crippen LogP contribution in [-0.4, -0.2) is 4.92 Å². The number of halogens is 1. The van der Waals surface area contributed by atoms with Crippen molar-refractivity contribution in [1.29, 1.82) is 0 Å². The Bertz CT molecular complexity index is 365. The van der Waals surface area contributed by atoms with Gasteiger partial charge in [0.1, 0.15) is 0 Å². The third kappa shape index (κ3) is 2.23. The van der Waals surface area contributed by atoms with Crippen LogP contribution in [-0.2, 0) is 0 Å². The van der Waals surface area contributed by atoms with E-state index in [1.807, 2.05) is 0 Å². The van der Waals surface area contributed by atoms with Crippen molar-refractivity contribution in [3.63, 3.8) is 0 Å². The first-order valence-corrected chi connectivity index (χ1v) is 4.30. The molecule has 68 valence electrons. The first-order chi connectivity index (χ1) is 6.16. The average molecular weight is 216 g/mol. The van der Waals surface area contributed by atoms with Crippen LogP contribution in [0.25, 0.3) is 6.08 Å². The van der Waals surface area contributed by atoms with Crippen LogP contribution in [0.3, 0.4) is 0 Å². The minimum atomic E-state index is -0.477. The molecule has 0 heterocycles. The third-order valence-electron chi connectivity index (χ3n) is 1.47. The Hall–Kier alpha value is -1.000. The van der Waals surface area contributed by atoms with E-state index >= 15 is 0 Å². The van der Waals surface area contributed by atoms with Crippen LogP contribution >= 0.6 is 24.2 Å². The molecule has 1 rings (SSSR count). The van der Waals surface area contributed by atoms with Crippen molar-refractivity contribution in [3.8, 4) is 0 Å². The fourth-order valence-electron chi connectivity index (χ4n) is 0.924. The predicted molar refractivity (Wildman–Crippen MR) is 56.1 cm³/mol. The normalized spacial score (nSPS) is 10.6. The maximum atomic E-state index is 10.5. The van der Waals surface area contributed by atoms with Gasteiger partial charge in [0.25, 0.3) is 5.69 Å². The fraction of sp³-hybridized carbons (Fsp3) is 0. The molecule has 0 amide bonds. The largest absolute Gasteiger partial charge is 0.278 e. The summed E-state index contributed by atoms with van der Waals surface area (Å²) < 4.78 is 0. The molecule has 3 nitrogen and oxygen atoms in total. The molecule has 13 heavy (non-hydrogen) atoms. The van der Waals surface area contributed by atoms with Gasteiger partial charge in [0.2, 0.25) is 0 Å². The zero-order valence-corrected chi connectivity index (χ0v) is 8.13. The monoisotopic (exact) mass is 215 g/mol. The van der Waals surface area contributed by atoms with Gasteiger partial charge in [-0.25, -0.2) is 0 Å². The molecule has 0 fully saturated rings. The molecule has 1 aromatic carbocycles. The molecule has 0 spiro atoms. The van der Waals surface area contributed by atoms with Crippen molar-refractivity contribution in [3.05, 3.63) is 44.3 Å². The summed E-state index contributed by atoms with van der Waals surface area (Å²) in [6, 6.07) is 4.53. The highest BCUT2D eigenvalue weighted by Crippen LogP contribution is 2.27. The lowest BCUT2D eigenvalue weighted by Crippen LogP contribution is -1.91. The topological polar surface area (TPSA) is 43.1 Å². The molecule has 0 radical (unpaired) electrons. The number of nitro groups is 1. The van der Waals surface area contributed by atoms with Gasteiger partial charge in [0.15, 0.2) is 0 Å². The van der Waals surface area contributed by atoms with Gasteiger partial charge < -0.3 is 0 Å². The fourth-order valence-corrected chi connectivity index (χ4v) is 1.31. The van der Waals surface area contributed by atoms with Gasteiger partial charge >= 0.3 is 0 Å². The molecule has 5 heteroatoms. The summed E-state index contributed by atoms with van der Waals surface area (Å²) >= 11 is 9.60. The Balaban J connectivity index is 3.33. The van der Waals surface area contributed by atoms with Gasteiger partial charge in [-0.15, -0.1) is 0 Å². The molecule has 0 aromatic heterocycles. The minimum absolute atomic E-state index is 0.0159. The second-order valence-electron chi connectivity index (χ2n) is 2.25. The summed E-state index contributed by atoms with van der Waals surface area (Å²) in [6.45, 7) is 0. The van der Waals surface area contributed by atoms with Gasteiger partial charge in [0.05, 0.1) is 15.5 Å². The van der Waals surface area contributed by atoms with E-state index in [1.165, 1.54) is 23.6 Å². The van der Waals surface area contributed by atoms with Crippen molar-refractivity contribution in [2.24, 2.45) is 0 Å². The molecular formula is C8H6ClNO2S. The summed E-state index contributed by atoms with van der Waals surface area (Å²) in [6.07, 6.45) is 1.49. The van der Waals surface area contributed by atoms with Crippen molar-refractivity contribution in [2.45, 2.75) is 0 Å². The second-order valence-corrected chi connectivity index (χ2v) is 2.95. The number of hydrogen-bond acceptors (Lipinski definition) is 3. The van der Waals surface area contributed by atoms with Crippen LogP contribution in [0.2, 0.25) is 5.02 Å². The molecule has 0 N–H and O–H groups in total. The van der Waals surface area contributed by atoms with Crippen LogP contribution in [0, 0.1) is 10.1 Å². The van der Waals surface area contributed by atoms with E-state index in [0.717, 1.165) is 0 Å². The second kappa shape index (κ2) is 4.30. The first kappa shape index (κ1) is 10.1. The smallest absolute Gasteiger partial charge is 0.258 e. The summed E-state index contributed by atoms with van der Waals surface area (Å²) in [5, 5.41) is 12.3.